The SMILES string of the molecule is Cc1cc(C)c(-c2nc(CCC(=O)O)cs2)cc1C. The quantitative estimate of drug-likeness (QED) is 0.924. The monoisotopic (exact) mass is 275 g/mol. The molecule has 0 unspecified atom stereocenters. The van der Waals surface area contributed by atoms with Crippen LogP contribution in [-0.2, 0) is 11.2 Å². The number of aliphatic carboxylic acids is 1. The molecule has 0 saturated heterocycles. The third-order valence-electron chi connectivity index (χ3n) is 3.22. The van der Waals surface area contributed by atoms with Crippen molar-refractivity contribution in [3.8, 4) is 10.6 Å². The number of aryl methyl sites for hydroxylation is 4. The van der Waals surface area contributed by atoms with Crippen LogP contribution in [0.2, 0.25) is 0 Å². The summed E-state index contributed by atoms with van der Waals surface area (Å²) in [6.07, 6.45) is 0.630. The molecular formula is C15H17NO2S. The minimum atomic E-state index is -0.781. The maximum Gasteiger partial charge on any atom is 0.303 e. The van der Waals surface area contributed by atoms with Crippen LogP contribution in [0.5, 0.6) is 0 Å². The van der Waals surface area contributed by atoms with Crippen LogP contribution in [0.1, 0.15) is 28.8 Å². The van der Waals surface area contributed by atoms with Crippen LogP contribution in [0, 0.1) is 20.8 Å². The Hall–Kier alpha value is -1.68. The van der Waals surface area contributed by atoms with Crippen LogP contribution in [0.15, 0.2) is 17.5 Å². The molecule has 0 radical (unpaired) electrons. The van der Waals surface area contributed by atoms with Gasteiger partial charge in [0.1, 0.15) is 5.01 Å². The van der Waals surface area contributed by atoms with Crippen LogP contribution >= 0.6 is 11.3 Å². The molecule has 1 N–H and O–H groups in total. The molecule has 1 heterocycles. The lowest BCUT2D eigenvalue weighted by molar-refractivity contribution is -0.136. The number of nitrogens with zero attached hydrogens (tertiary/aromatic N) is 1. The number of carboxylic acid groups (broad SMARTS) is 1. The minimum absolute atomic E-state index is 0.134. The van der Waals surface area contributed by atoms with Gasteiger partial charge in [-0.05, 0) is 43.5 Å². The summed E-state index contributed by atoms with van der Waals surface area (Å²) in [5, 5.41) is 11.6. The van der Waals surface area contributed by atoms with Gasteiger partial charge >= 0.3 is 5.97 Å². The van der Waals surface area contributed by atoms with Gasteiger partial charge in [-0.3, -0.25) is 4.79 Å². The molecule has 0 aliphatic heterocycles. The summed E-state index contributed by atoms with van der Waals surface area (Å²) < 4.78 is 0. The number of thiazole rings is 1. The highest BCUT2D eigenvalue weighted by molar-refractivity contribution is 7.13. The average Bonchev–Trinajstić information content (AvgIpc) is 2.80. The number of carboxylic acids is 1. The van der Waals surface area contributed by atoms with E-state index >= 15 is 0 Å². The number of carbonyl (C=O) groups is 1. The van der Waals surface area contributed by atoms with Gasteiger partial charge in [-0.2, -0.15) is 0 Å². The lowest BCUT2D eigenvalue weighted by atomic mass is 10.0. The Balaban J connectivity index is 2.27. The molecule has 19 heavy (non-hydrogen) atoms. The fourth-order valence-electron chi connectivity index (χ4n) is 1.97. The maximum atomic E-state index is 10.6. The van der Waals surface area contributed by atoms with Crippen molar-refractivity contribution in [2.75, 3.05) is 0 Å². The van der Waals surface area contributed by atoms with Crippen molar-refractivity contribution in [1.29, 1.82) is 0 Å². The van der Waals surface area contributed by atoms with E-state index in [0.29, 0.717) is 6.42 Å². The van der Waals surface area contributed by atoms with Crippen LogP contribution in [-0.4, -0.2) is 16.1 Å². The van der Waals surface area contributed by atoms with Crippen molar-refractivity contribution in [1.82, 2.24) is 4.98 Å². The van der Waals surface area contributed by atoms with E-state index in [1.807, 2.05) is 5.38 Å². The summed E-state index contributed by atoms with van der Waals surface area (Å²) >= 11 is 1.58. The van der Waals surface area contributed by atoms with Gasteiger partial charge in [0.2, 0.25) is 0 Å². The fraction of sp³-hybridized carbons (Fsp3) is 0.333. The highest BCUT2D eigenvalue weighted by atomic mass is 32.1. The molecular weight excluding hydrogens is 258 g/mol. The number of aromatic nitrogens is 1. The third-order valence-corrected chi connectivity index (χ3v) is 4.14. The molecule has 1 aromatic carbocycles. The summed E-state index contributed by atoms with van der Waals surface area (Å²) in [7, 11) is 0. The summed E-state index contributed by atoms with van der Waals surface area (Å²) in [5.74, 6) is -0.781. The number of benzene rings is 1. The first kappa shape index (κ1) is 13.7. The van der Waals surface area contributed by atoms with E-state index in [1.54, 1.807) is 11.3 Å². The topological polar surface area (TPSA) is 50.2 Å². The predicted molar refractivity (Wildman–Crippen MR) is 77.7 cm³/mol. The standard InChI is InChI=1S/C15H17NO2S/c1-9-6-11(3)13(7-10(9)2)15-16-12(8-19-15)4-5-14(17)18/h6-8H,4-5H2,1-3H3,(H,17,18). The Bertz CT molecular complexity index is 617. The van der Waals surface area contributed by atoms with Crippen molar-refractivity contribution in [2.24, 2.45) is 0 Å². The van der Waals surface area contributed by atoms with Crippen LogP contribution in [0.25, 0.3) is 10.6 Å². The van der Waals surface area contributed by atoms with E-state index in [2.05, 4.69) is 37.9 Å². The first-order chi connectivity index (χ1) is 8.97. The van der Waals surface area contributed by atoms with Crippen LogP contribution in [0.3, 0.4) is 0 Å². The molecule has 0 amide bonds. The molecule has 0 spiro atoms. The summed E-state index contributed by atoms with van der Waals surface area (Å²) in [5.41, 5.74) is 5.75. The molecule has 0 fully saturated rings. The molecule has 0 bridgehead atoms. The van der Waals surface area contributed by atoms with E-state index in [1.165, 1.54) is 16.7 Å². The molecule has 0 aliphatic carbocycles. The zero-order chi connectivity index (χ0) is 14.0. The Labute approximate surface area is 116 Å². The predicted octanol–water partition coefficient (Wildman–Crippen LogP) is 3.75. The second-order valence-corrected chi connectivity index (χ2v) is 5.65. The minimum Gasteiger partial charge on any atom is -0.481 e. The smallest absolute Gasteiger partial charge is 0.303 e. The first-order valence-electron chi connectivity index (χ1n) is 6.22. The summed E-state index contributed by atoms with van der Waals surface area (Å²) in [6, 6.07) is 4.33. The van der Waals surface area contributed by atoms with Gasteiger partial charge in [-0.25, -0.2) is 4.98 Å². The highest BCUT2D eigenvalue weighted by Gasteiger charge is 2.10. The third kappa shape index (κ3) is 3.20. The van der Waals surface area contributed by atoms with Gasteiger partial charge in [0.05, 0.1) is 12.1 Å². The van der Waals surface area contributed by atoms with Gasteiger partial charge in [0.15, 0.2) is 0 Å². The summed E-state index contributed by atoms with van der Waals surface area (Å²) in [4.78, 5) is 15.1. The second kappa shape index (κ2) is 5.53. The van der Waals surface area contributed by atoms with E-state index in [-0.39, 0.29) is 6.42 Å². The second-order valence-electron chi connectivity index (χ2n) is 4.79. The van der Waals surface area contributed by atoms with Crippen molar-refractivity contribution in [3.63, 3.8) is 0 Å². The van der Waals surface area contributed by atoms with Crippen LogP contribution < -0.4 is 0 Å². The van der Waals surface area contributed by atoms with Crippen molar-refractivity contribution >= 4 is 17.3 Å². The Morgan fingerprint density at radius 2 is 1.89 bits per heavy atom. The normalized spacial score (nSPS) is 10.7. The van der Waals surface area contributed by atoms with Gasteiger partial charge in [-0.15, -0.1) is 11.3 Å². The molecule has 0 saturated carbocycles. The van der Waals surface area contributed by atoms with Gasteiger partial charge in [0.25, 0.3) is 0 Å². The highest BCUT2D eigenvalue weighted by Crippen LogP contribution is 2.29. The van der Waals surface area contributed by atoms with Gasteiger partial charge < -0.3 is 5.11 Å². The molecule has 1 aromatic heterocycles. The number of hydrogen-bond donors (Lipinski definition) is 1. The lowest BCUT2D eigenvalue weighted by Crippen LogP contribution is -1.97. The maximum absolute atomic E-state index is 10.6. The van der Waals surface area contributed by atoms with Gasteiger partial charge in [-0.1, -0.05) is 6.07 Å². The van der Waals surface area contributed by atoms with Crippen molar-refractivity contribution < 1.29 is 9.90 Å². The number of hydrogen-bond acceptors (Lipinski definition) is 3. The zero-order valence-corrected chi connectivity index (χ0v) is 12.2. The molecule has 0 atom stereocenters. The average molecular weight is 275 g/mol. The van der Waals surface area contributed by atoms with Gasteiger partial charge in [0, 0.05) is 17.4 Å². The largest absolute Gasteiger partial charge is 0.481 e. The van der Waals surface area contributed by atoms with E-state index in [4.69, 9.17) is 5.11 Å². The van der Waals surface area contributed by atoms with E-state index in [9.17, 15) is 4.79 Å². The molecule has 0 aliphatic rings. The molecule has 100 valence electrons. The first-order valence-corrected chi connectivity index (χ1v) is 7.09. The van der Waals surface area contributed by atoms with Crippen LogP contribution in [0.4, 0.5) is 0 Å². The van der Waals surface area contributed by atoms with Crippen molar-refractivity contribution in [3.05, 3.63) is 39.9 Å². The Morgan fingerprint density at radius 3 is 2.58 bits per heavy atom. The molecule has 2 aromatic rings. The fourth-order valence-corrected chi connectivity index (χ4v) is 2.91. The van der Waals surface area contributed by atoms with Crippen molar-refractivity contribution in [2.45, 2.75) is 33.6 Å². The zero-order valence-electron chi connectivity index (χ0n) is 11.4. The molecule has 3 nitrogen and oxygen atoms in total. The Morgan fingerprint density at radius 1 is 1.21 bits per heavy atom. The van der Waals surface area contributed by atoms with E-state index in [0.717, 1.165) is 16.3 Å². The summed E-state index contributed by atoms with van der Waals surface area (Å²) in [6.45, 7) is 6.28. The Kier molecular flexibility index (Phi) is 4.00. The van der Waals surface area contributed by atoms with E-state index < -0.39 is 5.97 Å². The molecule has 2 rings (SSSR count). The lowest BCUT2D eigenvalue weighted by Gasteiger charge is -2.07. The molecule has 4 heteroatoms. The number of rotatable bonds is 4.